The normalized spacial score (nSPS) is 11.2. The number of benzene rings is 2. The molecule has 1 heterocycles. The van der Waals surface area contributed by atoms with E-state index in [0.717, 1.165) is 5.56 Å². The van der Waals surface area contributed by atoms with E-state index in [2.05, 4.69) is 4.98 Å². The summed E-state index contributed by atoms with van der Waals surface area (Å²) in [6.07, 6.45) is 3.19. The molecule has 25 heavy (non-hydrogen) atoms. The molecule has 0 saturated heterocycles. The van der Waals surface area contributed by atoms with Crippen molar-refractivity contribution in [1.29, 1.82) is 0 Å². The highest BCUT2D eigenvalue weighted by molar-refractivity contribution is 5.79. The smallest absolute Gasteiger partial charge is 0.305 e. The maximum Gasteiger partial charge on any atom is 0.305 e. The van der Waals surface area contributed by atoms with Gasteiger partial charge in [0.1, 0.15) is 11.6 Å². The number of fused-ring (bicyclic) bond motifs is 1. The zero-order chi connectivity index (χ0) is 17.8. The molecule has 0 unspecified atom stereocenters. The molecule has 1 aromatic heterocycles. The first kappa shape index (κ1) is 16.4. The predicted octanol–water partition coefficient (Wildman–Crippen LogP) is 2.75. The number of carbonyl (C=O) groups is 1. The van der Waals surface area contributed by atoms with Crippen LogP contribution < -0.4 is 5.56 Å². The summed E-state index contributed by atoms with van der Waals surface area (Å²) in [6, 6.07) is 13.6. The number of carboxylic acid groups (broad SMARTS) is 1. The molecular formula is C19H16N2O4. The van der Waals surface area contributed by atoms with Crippen LogP contribution in [-0.4, -0.2) is 25.7 Å². The first-order valence-electron chi connectivity index (χ1n) is 7.73. The SMILES string of the molecule is O=C(O)CCn1c(/C=C/c2cccc(O)c2)nc2ccccc2c1=O. The van der Waals surface area contributed by atoms with Gasteiger partial charge in [-0.3, -0.25) is 14.2 Å². The van der Waals surface area contributed by atoms with Crippen molar-refractivity contribution in [2.75, 3.05) is 0 Å². The molecule has 2 aromatic carbocycles. The van der Waals surface area contributed by atoms with Gasteiger partial charge in [-0.2, -0.15) is 0 Å². The predicted molar refractivity (Wildman–Crippen MR) is 95.3 cm³/mol. The molecule has 0 aliphatic rings. The van der Waals surface area contributed by atoms with Crippen LogP contribution >= 0.6 is 0 Å². The van der Waals surface area contributed by atoms with Crippen LogP contribution in [0.3, 0.4) is 0 Å². The molecule has 0 fully saturated rings. The van der Waals surface area contributed by atoms with Gasteiger partial charge in [0, 0.05) is 6.54 Å². The summed E-state index contributed by atoms with van der Waals surface area (Å²) in [6.45, 7) is 0.0334. The maximum atomic E-state index is 12.7. The number of hydrogen-bond donors (Lipinski definition) is 2. The van der Waals surface area contributed by atoms with Crippen molar-refractivity contribution in [3.8, 4) is 5.75 Å². The van der Waals surface area contributed by atoms with Crippen molar-refractivity contribution in [2.45, 2.75) is 13.0 Å². The Morgan fingerprint density at radius 2 is 1.92 bits per heavy atom. The van der Waals surface area contributed by atoms with E-state index >= 15 is 0 Å². The van der Waals surface area contributed by atoms with Gasteiger partial charge in [0.2, 0.25) is 0 Å². The highest BCUT2D eigenvalue weighted by Gasteiger charge is 2.10. The van der Waals surface area contributed by atoms with E-state index in [9.17, 15) is 14.7 Å². The largest absolute Gasteiger partial charge is 0.508 e. The summed E-state index contributed by atoms with van der Waals surface area (Å²) in [4.78, 5) is 28.0. The van der Waals surface area contributed by atoms with Crippen molar-refractivity contribution >= 4 is 29.0 Å². The van der Waals surface area contributed by atoms with Gasteiger partial charge in [0.05, 0.1) is 17.3 Å². The summed E-state index contributed by atoms with van der Waals surface area (Å²) >= 11 is 0. The topological polar surface area (TPSA) is 92.4 Å². The van der Waals surface area contributed by atoms with Gasteiger partial charge in [0.25, 0.3) is 5.56 Å². The average molecular weight is 336 g/mol. The second-order valence-corrected chi connectivity index (χ2v) is 5.52. The van der Waals surface area contributed by atoms with E-state index in [0.29, 0.717) is 16.7 Å². The number of carboxylic acids is 1. The molecule has 0 saturated carbocycles. The number of phenolic OH excluding ortho intramolecular Hbond substituents is 1. The number of nitrogens with zero attached hydrogens (tertiary/aromatic N) is 2. The van der Waals surface area contributed by atoms with Crippen LogP contribution in [0.15, 0.2) is 53.3 Å². The Bertz CT molecular complexity index is 1020. The van der Waals surface area contributed by atoms with E-state index in [1.165, 1.54) is 4.57 Å². The number of hydrogen-bond acceptors (Lipinski definition) is 4. The summed E-state index contributed by atoms with van der Waals surface area (Å²) in [7, 11) is 0. The Kier molecular flexibility index (Phi) is 4.61. The first-order chi connectivity index (χ1) is 12.0. The standard InChI is InChI=1S/C19H16N2O4/c22-14-5-3-4-13(12-14)8-9-17-20-16-7-2-1-6-15(16)19(25)21(17)11-10-18(23)24/h1-9,12,22H,10-11H2,(H,23,24)/b9-8+. The van der Waals surface area contributed by atoms with Crippen molar-refractivity contribution in [3.05, 3.63) is 70.3 Å². The number of aromatic hydroxyl groups is 1. The number of aliphatic carboxylic acids is 1. The Morgan fingerprint density at radius 3 is 2.68 bits per heavy atom. The molecule has 2 N–H and O–H groups in total. The Labute approximate surface area is 143 Å². The third-order valence-corrected chi connectivity index (χ3v) is 3.74. The van der Waals surface area contributed by atoms with Crippen LogP contribution in [0.2, 0.25) is 0 Å². The molecule has 0 amide bonds. The molecule has 0 spiro atoms. The van der Waals surface area contributed by atoms with Crippen molar-refractivity contribution < 1.29 is 15.0 Å². The minimum atomic E-state index is -0.983. The molecule has 0 aliphatic carbocycles. The van der Waals surface area contributed by atoms with Crippen LogP contribution in [0.1, 0.15) is 17.8 Å². The molecule has 3 aromatic rings. The van der Waals surface area contributed by atoms with E-state index in [4.69, 9.17) is 5.11 Å². The van der Waals surface area contributed by atoms with E-state index in [-0.39, 0.29) is 24.3 Å². The monoisotopic (exact) mass is 336 g/mol. The number of phenols is 1. The molecular weight excluding hydrogens is 320 g/mol. The molecule has 126 valence electrons. The van der Waals surface area contributed by atoms with Gasteiger partial charge < -0.3 is 10.2 Å². The zero-order valence-electron chi connectivity index (χ0n) is 13.3. The average Bonchev–Trinajstić information content (AvgIpc) is 2.59. The second-order valence-electron chi connectivity index (χ2n) is 5.52. The minimum Gasteiger partial charge on any atom is -0.508 e. The van der Waals surface area contributed by atoms with Crippen molar-refractivity contribution in [1.82, 2.24) is 9.55 Å². The third-order valence-electron chi connectivity index (χ3n) is 3.74. The Hall–Kier alpha value is -3.41. The third kappa shape index (κ3) is 3.74. The molecule has 0 radical (unpaired) electrons. The van der Waals surface area contributed by atoms with Crippen LogP contribution in [0.4, 0.5) is 0 Å². The first-order valence-corrected chi connectivity index (χ1v) is 7.73. The lowest BCUT2D eigenvalue weighted by Gasteiger charge is -2.10. The molecule has 0 aliphatic heterocycles. The van der Waals surface area contributed by atoms with Crippen molar-refractivity contribution in [3.63, 3.8) is 0 Å². The van der Waals surface area contributed by atoms with E-state index in [1.54, 1.807) is 60.7 Å². The number of rotatable bonds is 5. The van der Waals surface area contributed by atoms with E-state index in [1.807, 2.05) is 0 Å². The summed E-state index contributed by atoms with van der Waals surface area (Å²) < 4.78 is 1.36. The molecule has 6 heteroatoms. The Balaban J connectivity index is 2.09. The molecule has 3 rings (SSSR count). The highest BCUT2D eigenvalue weighted by atomic mass is 16.4. The highest BCUT2D eigenvalue weighted by Crippen LogP contribution is 2.15. The van der Waals surface area contributed by atoms with Gasteiger partial charge in [0.15, 0.2) is 0 Å². The maximum absolute atomic E-state index is 12.7. The van der Waals surface area contributed by atoms with Gasteiger partial charge >= 0.3 is 5.97 Å². The fourth-order valence-electron chi connectivity index (χ4n) is 2.54. The summed E-state index contributed by atoms with van der Waals surface area (Å²) in [5, 5.41) is 18.9. The van der Waals surface area contributed by atoms with Crippen LogP contribution in [-0.2, 0) is 11.3 Å². The van der Waals surface area contributed by atoms with Crippen LogP contribution in [0, 0.1) is 0 Å². The van der Waals surface area contributed by atoms with Gasteiger partial charge in [-0.05, 0) is 35.9 Å². The lowest BCUT2D eigenvalue weighted by atomic mass is 10.2. The zero-order valence-corrected chi connectivity index (χ0v) is 13.3. The van der Waals surface area contributed by atoms with Crippen molar-refractivity contribution in [2.24, 2.45) is 0 Å². The van der Waals surface area contributed by atoms with Gasteiger partial charge in [-0.1, -0.05) is 30.3 Å². The summed E-state index contributed by atoms with van der Waals surface area (Å²) in [5.74, 6) is -0.479. The van der Waals surface area contributed by atoms with Gasteiger partial charge in [-0.15, -0.1) is 0 Å². The number of para-hydroxylation sites is 1. The quantitative estimate of drug-likeness (QED) is 0.747. The van der Waals surface area contributed by atoms with E-state index < -0.39 is 5.97 Å². The second kappa shape index (κ2) is 7.00. The van der Waals surface area contributed by atoms with Gasteiger partial charge in [-0.25, -0.2) is 4.98 Å². The lowest BCUT2D eigenvalue weighted by Crippen LogP contribution is -2.25. The fourth-order valence-corrected chi connectivity index (χ4v) is 2.54. The summed E-state index contributed by atoms with van der Waals surface area (Å²) in [5.41, 5.74) is 1.02. The lowest BCUT2D eigenvalue weighted by molar-refractivity contribution is -0.137. The molecule has 6 nitrogen and oxygen atoms in total. The van der Waals surface area contributed by atoms with Crippen LogP contribution in [0.5, 0.6) is 5.75 Å². The number of aromatic nitrogens is 2. The molecule has 0 bridgehead atoms. The fraction of sp³-hybridized carbons (Fsp3) is 0.105. The Morgan fingerprint density at radius 1 is 1.12 bits per heavy atom. The minimum absolute atomic E-state index is 0.0334. The molecule has 0 atom stereocenters. The van der Waals surface area contributed by atoms with Crippen LogP contribution in [0.25, 0.3) is 23.1 Å².